The summed E-state index contributed by atoms with van der Waals surface area (Å²) < 4.78 is 4.78. The Balaban J connectivity index is 1.24. The highest BCUT2D eigenvalue weighted by Crippen LogP contribution is 2.49. The number of fused-ring (bicyclic) bond motifs is 8. The van der Waals surface area contributed by atoms with E-state index >= 15 is 0 Å². The van der Waals surface area contributed by atoms with Crippen molar-refractivity contribution in [2.24, 2.45) is 0 Å². The molecule has 0 saturated carbocycles. The van der Waals surface area contributed by atoms with E-state index in [1.807, 2.05) is 18.2 Å². The van der Waals surface area contributed by atoms with E-state index in [4.69, 9.17) is 9.97 Å². The van der Waals surface area contributed by atoms with Gasteiger partial charge in [0.2, 0.25) is 0 Å². The zero-order chi connectivity index (χ0) is 35.3. The van der Waals surface area contributed by atoms with Crippen LogP contribution in [0.4, 0.5) is 0 Å². The van der Waals surface area contributed by atoms with Gasteiger partial charge in [-0.05, 0) is 70.8 Å². The predicted octanol–water partition coefficient (Wildman–Crippen LogP) is 12.3. The minimum Gasteiger partial charge on any atom is -0.309 e. The molecule has 11 rings (SSSR count). The number of hydrogen-bond donors (Lipinski definition) is 0. The lowest BCUT2D eigenvalue weighted by Crippen LogP contribution is -2.26. The number of aromatic nitrogens is 4. The SMILES string of the molecule is CC1(C)c2ccccc2-n2c3ccccc3c3cc(-c4ccc5c(c4)c4c(-c6ccccc6)nc(-c6ccccc6)nc4n5-c4ccccc4)cc1c32. The molecule has 0 saturated heterocycles. The van der Waals surface area contributed by atoms with Crippen LogP contribution in [0, 0.1) is 0 Å². The number of nitrogens with zero attached hydrogens (tertiary/aromatic N) is 4. The molecule has 4 nitrogen and oxygen atoms in total. The Labute approximate surface area is 307 Å². The van der Waals surface area contributed by atoms with E-state index in [0.29, 0.717) is 5.82 Å². The van der Waals surface area contributed by atoms with Crippen molar-refractivity contribution in [3.63, 3.8) is 0 Å². The lowest BCUT2D eigenvalue weighted by molar-refractivity contribution is 0.630. The first-order valence-electron chi connectivity index (χ1n) is 18.3. The van der Waals surface area contributed by atoms with Crippen LogP contribution in [-0.2, 0) is 5.41 Å². The summed E-state index contributed by atoms with van der Waals surface area (Å²) in [5.74, 6) is 0.709. The van der Waals surface area contributed by atoms with Crippen molar-refractivity contribution < 1.29 is 0 Å². The third kappa shape index (κ3) is 4.30. The summed E-state index contributed by atoms with van der Waals surface area (Å²) in [6, 6.07) is 60.9. The number of hydrogen-bond acceptors (Lipinski definition) is 2. The number of rotatable bonds is 4. The molecule has 0 spiro atoms. The topological polar surface area (TPSA) is 35.6 Å². The molecule has 7 aromatic carbocycles. The summed E-state index contributed by atoms with van der Waals surface area (Å²) in [5.41, 5.74) is 14.7. The van der Waals surface area contributed by atoms with Crippen molar-refractivity contribution >= 4 is 43.7 Å². The molecule has 250 valence electrons. The van der Waals surface area contributed by atoms with Crippen molar-refractivity contribution in [3.05, 3.63) is 181 Å². The molecule has 0 atom stereocenters. The van der Waals surface area contributed by atoms with Crippen LogP contribution in [0.5, 0.6) is 0 Å². The Kier molecular flexibility index (Phi) is 6.27. The largest absolute Gasteiger partial charge is 0.309 e. The smallest absolute Gasteiger partial charge is 0.162 e. The summed E-state index contributed by atoms with van der Waals surface area (Å²) in [5, 5.41) is 4.72. The molecule has 0 bridgehead atoms. The quantitative estimate of drug-likeness (QED) is 0.186. The van der Waals surface area contributed by atoms with Gasteiger partial charge in [0.15, 0.2) is 5.82 Å². The molecule has 1 aliphatic rings. The van der Waals surface area contributed by atoms with Gasteiger partial charge >= 0.3 is 0 Å². The van der Waals surface area contributed by atoms with Gasteiger partial charge in [0.05, 0.1) is 33.3 Å². The monoisotopic (exact) mass is 678 g/mol. The van der Waals surface area contributed by atoms with E-state index in [1.165, 1.54) is 49.7 Å². The Morgan fingerprint density at radius 2 is 1.09 bits per heavy atom. The normalized spacial score (nSPS) is 13.2. The van der Waals surface area contributed by atoms with Crippen LogP contribution in [0.3, 0.4) is 0 Å². The summed E-state index contributed by atoms with van der Waals surface area (Å²) >= 11 is 0. The fourth-order valence-corrected chi connectivity index (χ4v) is 8.78. The highest BCUT2D eigenvalue weighted by atomic mass is 15.1. The fraction of sp³-hybridized carbons (Fsp3) is 0.0612. The molecule has 0 aliphatic carbocycles. The fourth-order valence-electron chi connectivity index (χ4n) is 8.78. The van der Waals surface area contributed by atoms with Crippen LogP contribution in [0.25, 0.3) is 88.9 Å². The van der Waals surface area contributed by atoms with Crippen molar-refractivity contribution in [2.45, 2.75) is 19.3 Å². The van der Waals surface area contributed by atoms with Gasteiger partial charge in [0.1, 0.15) is 5.65 Å². The van der Waals surface area contributed by atoms with E-state index in [-0.39, 0.29) is 5.41 Å². The molecule has 0 unspecified atom stereocenters. The van der Waals surface area contributed by atoms with Crippen LogP contribution < -0.4 is 0 Å². The predicted molar refractivity (Wildman–Crippen MR) is 219 cm³/mol. The Bertz CT molecular complexity index is 3060. The van der Waals surface area contributed by atoms with Gasteiger partial charge in [-0.3, -0.25) is 4.57 Å². The van der Waals surface area contributed by atoms with Crippen LogP contribution >= 0.6 is 0 Å². The molecular weight excluding hydrogens is 645 g/mol. The average molecular weight is 679 g/mol. The van der Waals surface area contributed by atoms with Crippen LogP contribution in [0.1, 0.15) is 25.0 Å². The van der Waals surface area contributed by atoms with E-state index in [9.17, 15) is 0 Å². The van der Waals surface area contributed by atoms with E-state index in [1.54, 1.807) is 0 Å². The summed E-state index contributed by atoms with van der Waals surface area (Å²) in [4.78, 5) is 10.7. The van der Waals surface area contributed by atoms with Crippen molar-refractivity contribution in [1.82, 2.24) is 19.1 Å². The number of benzene rings is 7. The highest BCUT2D eigenvalue weighted by Gasteiger charge is 2.35. The van der Waals surface area contributed by atoms with Crippen LogP contribution in [-0.4, -0.2) is 19.1 Å². The molecule has 3 aromatic heterocycles. The maximum absolute atomic E-state index is 5.35. The Morgan fingerprint density at radius 3 is 1.89 bits per heavy atom. The van der Waals surface area contributed by atoms with Crippen molar-refractivity contribution in [1.29, 1.82) is 0 Å². The van der Waals surface area contributed by atoms with Gasteiger partial charge in [-0.15, -0.1) is 0 Å². The molecule has 1 aliphatic heterocycles. The van der Waals surface area contributed by atoms with Gasteiger partial charge in [0.25, 0.3) is 0 Å². The zero-order valence-corrected chi connectivity index (χ0v) is 29.5. The van der Waals surface area contributed by atoms with Crippen LogP contribution in [0.15, 0.2) is 170 Å². The van der Waals surface area contributed by atoms with Gasteiger partial charge in [-0.2, -0.15) is 0 Å². The second-order valence-electron chi connectivity index (χ2n) is 14.6. The first-order valence-corrected chi connectivity index (χ1v) is 18.3. The van der Waals surface area contributed by atoms with E-state index < -0.39 is 0 Å². The molecule has 0 amide bonds. The molecule has 4 heteroatoms. The lowest BCUT2D eigenvalue weighted by atomic mass is 9.74. The summed E-state index contributed by atoms with van der Waals surface area (Å²) in [6.07, 6.45) is 0. The molecule has 4 heterocycles. The minimum atomic E-state index is -0.190. The van der Waals surface area contributed by atoms with E-state index in [2.05, 4.69) is 175 Å². The minimum absolute atomic E-state index is 0.190. The van der Waals surface area contributed by atoms with Crippen LogP contribution in [0.2, 0.25) is 0 Å². The molecule has 53 heavy (non-hydrogen) atoms. The summed E-state index contributed by atoms with van der Waals surface area (Å²) in [7, 11) is 0. The standard InChI is InChI=1S/C49H34N4/c1-49(2)39-23-13-15-25-43(39)53-41-24-14-12-22-36(41)37-29-34(30-40(49)46(37)53)33-26-27-42-38(28-33)44-45(31-16-6-3-7-17-31)50-47(32-18-8-4-9-19-32)51-48(44)52(42)35-20-10-5-11-21-35/h3-30H,1-2H3. The van der Waals surface area contributed by atoms with Gasteiger partial charge in [0, 0.05) is 38.4 Å². The van der Waals surface area contributed by atoms with Crippen molar-refractivity contribution in [3.8, 4) is 45.1 Å². The molecular formula is C49H34N4. The zero-order valence-electron chi connectivity index (χ0n) is 29.5. The maximum Gasteiger partial charge on any atom is 0.162 e. The Hall–Kier alpha value is -6.78. The first-order chi connectivity index (χ1) is 26.1. The first kappa shape index (κ1) is 29.9. The maximum atomic E-state index is 5.35. The molecule has 0 N–H and O–H groups in total. The van der Waals surface area contributed by atoms with Gasteiger partial charge in [-0.1, -0.05) is 135 Å². The molecule has 0 radical (unpaired) electrons. The van der Waals surface area contributed by atoms with E-state index in [0.717, 1.165) is 44.4 Å². The third-order valence-corrected chi connectivity index (χ3v) is 11.3. The Morgan fingerprint density at radius 1 is 0.453 bits per heavy atom. The van der Waals surface area contributed by atoms with Gasteiger partial charge in [-0.25, -0.2) is 9.97 Å². The second kappa shape index (κ2) is 11.1. The lowest BCUT2D eigenvalue weighted by Gasteiger charge is -2.35. The average Bonchev–Trinajstić information content (AvgIpc) is 3.73. The molecule has 0 fully saturated rings. The van der Waals surface area contributed by atoms with Gasteiger partial charge < -0.3 is 4.57 Å². The third-order valence-electron chi connectivity index (χ3n) is 11.3. The molecule has 10 aromatic rings. The summed E-state index contributed by atoms with van der Waals surface area (Å²) in [6.45, 7) is 4.74. The van der Waals surface area contributed by atoms with Crippen molar-refractivity contribution in [2.75, 3.05) is 0 Å². The second-order valence-corrected chi connectivity index (χ2v) is 14.6. The number of para-hydroxylation sites is 3. The highest BCUT2D eigenvalue weighted by molar-refractivity contribution is 6.16.